The van der Waals surface area contributed by atoms with Gasteiger partial charge in [-0.05, 0) is 35.9 Å². The predicted octanol–water partition coefficient (Wildman–Crippen LogP) is 2.04. The molecule has 2 aromatic carbocycles. The maximum absolute atomic E-state index is 13.2. The Balaban J connectivity index is 1.57. The van der Waals surface area contributed by atoms with E-state index in [1.54, 1.807) is 37.3 Å². The largest absolute Gasteiger partial charge is 0.497 e. The normalized spacial score (nSPS) is 19.4. The fourth-order valence-corrected chi connectivity index (χ4v) is 4.06. The van der Waals surface area contributed by atoms with Crippen LogP contribution in [0.4, 0.5) is 0 Å². The van der Waals surface area contributed by atoms with Crippen LogP contribution >= 0.6 is 0 Å². The Hall–Kier alpha value is -3.26. The van der Waals surface area contributed by atoms with E-state index in [9.17, 15) is 9.59 Å². The highest BCUT2D eigenvalue weighted by Crippen LogP contribution is 2.37. The first-order valence-corrected chi connectivity index (χ1v) is 10.2. The molecule has 2 heterocycles. The van der Waals surface area contributed by atoms with Gasteiger partial charge < -0.3 is 29.2 Å². The lowest BCUT2D eigenvalue weighted by Gasteiger charge is -2.18. The Morgan fingerprint density at radius 3 is 2.74 bits per heavy atom. The molecule has 1 N–H and O–H groups in total. The molecule has 2 atom stereocenters. The lowest BCUT2D eigenvalue weighted by atomic mass is 9.88. The molecule has 0 spiro atoms. The number of ether oxygens (including phenoxy) is 4. The van der Waals surface area contributed by atoms with E-state index in [4.69, 9.17) is 18.9 Å². The number of fused-ring (bicyclic) bond motifs is 1. The van der Waals surface area contributed by atoms with Gasteiger partial charge in [-0.25, -0.2) is 0 Å². The number of nitrogens with zero attached hydrogens (tertiary/aromatic N) is 1. The number of hydrogen-bond acceptors (Lipinski definition) is 6. The molecule has 2 aromatic rings. The van der Waals surface area contributed by atoms with Gasteiger partial charge in [0.2, 0.25) is 12.7 Å². The second-order valence-electron chi connectivity index (χ2n) is 7.55. The number of rotatable bonds is 7. The molecular weight excluding hydrogens is 400 g/mol. The molecule has 4 rings (SSSR count). The van der Waals surface area contributed by atoms with Crippen molar-refractivity contribution in [2.75, 3.05) is 47.3 Å². The number of methoxy groups -OCH3 is 2. The Kier molecular flexibility index (Phi) is 6.27. The van der Waals surface area contributed by atoms with Gasteiger partial charge >= 0.3 is 0 Å². The monoisotopic (exact) mass is 426 g/mol. The Morgan fingerprint density at radius 1 is 1.10 bits per heavy atom. The van der Waals surface area contributed by atoms with Gasteiger partial charge in [0.05, 0.1) is 19.6 Å². The van der Waals surface area contributed by atoms with E-state index in [1.807, 2.05) is 24.3 Å². The molecule has 8 heteroatoms. The second kappa shape index (κ2) is 9.26. The molecular formula is C23H26N2O6. The minimum atomic E-state index is -0.373. The standard InChI is InChI=1S/C23H26N2O6/c1-28-9-8-24-22(26)19-13-25(12-18(19)15-4-3-5-17(10-15)29-2)23(27)16-6-7-20-21(11-16)31-14-30-20/h3-7,10-11,18-19H,8-9,12-14H2,1-2H3,(H,24,26). The minimum Gasteiger partial charge on any atom is -0.497 e. The summed E-state index contributed by atoms with van der Waals surface area (Å²) in [6.45, 7) is 1.77. The molecule has 1 fully saturated rings. The Morgan fingerprint density at radius 2 is 1.94 bits per heavy atom. The molecule has 2 amide bonds. The number of nitrogens with one attached hydrogen (secondary N) is 1. The van der Waals surface area contributed by atoms with Crippen LogP contribution in [-0.2, 0) is 9.53 Å². The van der Waals surface area contributed by atoms with Crippen LogP contribution in [0.1, 0.15) is 21.8 Å². The molecule has 0 radical (unpaired) electrons. The van der Waals surface area contributed by atoms with Gasteiger partial charge in [0.1, 0.15) is 5.75 Å². The molecule has 1 saturated heterocycles. The lowest BCUT2D eigenvalue weighted by molar-refractivity contribution is -0.125. The molecule has 2 aliphatic heterocycles. The first-order valence-electron chi connectivity index (χ1n) is 10.2. The van der Waals surface area contributed by atoms with Crippen molar-refractivity contribution in [2.45, 2.75) is 5.92 Å². The lowest BCUT2D eigenvalue weighted by Crippen LogP contribution is -2.37. The van der Waals surface area contributed by atoms with Crippen molar-refractivity contribution in [3.8, 4) is 17.2 Å². The van der Waals surface area contributed by atoms with E-state index >= 15 is 0 Å². The maximum atomic E-state index is 13.2. The highest BCUT2D eigenvalue weighted by atomic mass is 16.7. The van der Waals surface area contributed by atoms with Crippen molar-refractivity contribution in [2.24, 2.45) is 5.92 Å². The van der Waals surface area contributed by atoms with E-state index in [1.165, 1.54) is 0 Å². The summed E-state index contributed by atoms with van der Waals surface area (Å²) < 4.78 is 21.1. The Labute approximate surface area is 181 Å². The van der Waals surface area contributed by atoms with Crippen LogP contribution < -0.4 is 19.5 Å². The van der Waals surface area contributed by atoms with E-state index in [-0.39, 0.29) is 30.4 Å². The summed E-state index contributed by atoms with van der Waals surface area (Å²) in [7, 11) is 3.20. The van der Waals surface area contributed by atoms with Crippen LogP contribution in [-0.4, -0.2) is 64.0 Å². The predicted molar refractivity (Wildman–Crippen MR) is 113 cm³/mol. The topological polar surface area (TPSA) is 86.3 Å². The van der Waals surface area contributed by atoms with Crippen molar-refractivity contribution in [1.29, 1.82) is 0 Å². The number of amides is 2. The summed E-state index contributed by atoms with van der Waals surface area (Å²) in [5, 5.41) is 2.92. The van der Waals surface area contributed by atoms with E-state index in [0.29, 0.717) is 43.3 Å². The number of likely N-dealkylation sites (tertiary alicyclic amines) is 1. The van der Waals surface area contributed by atoms with Crippen molar-refractivity contribution in [3.63, 3.8) is 0 Å². The van der Waals surface area contributed by atoms with Gasteiger partial charge in [0, 0.05) is 38.2 Å². The highest BCUT2D eigenvalue weighted by molar-refractivity contribution is 5.96. The van der Waals surface area contributed by atoms with Crippen molar-refractivity contribution >= 4 is 11.8 Å². The molecule has 0 saturated carbocycles. The van der Waals surface area contributed by atoms with Crippen LogP contribution in [0, 0.1) is 5.92 Å². The molecule has 0 aliphatic carbocycles. The SMILES string of the molecule is COCCNC(=O)C1CN(C(=O)c2ccc3c(c2)OCO3)CC1c1cccc(OC)c1. The third kappa shape index (κ3) is 4.44. The van der Waals surface area contributed by atoms with Gasteiger partial charge in [-0.3, -0.25) is 9.59 Å². The third-order valence-electron chi connectivity index (χ3n) is 5.69. The highest BCUT2D eigenvalue weighted by Gasteiger charge is 2.40. The number of carbonyl (C=O) groups excluding carboxylic acids is 2. The van der Waals surface area contributed by atoms with Gasteiger partial charge in [-0.1, -0.05) is 12.1 Å². The summed E-state index contributed by atoms with van der Waals surface area (Å²) in [4.78, 5) is 27.9. The van der Waals surface area contributed by atoms with Crippen molar-refractivity contribution in [1.82, 2.24) is 10.2 Å². The van der Waals surface area contributed by atoms with Crippen LogP contribution in [0.2, 0.25) is 0 Å². The molecule has 164 valence electrons. The fourth-order valence-electron chi connectivity index (χ4n) is 4.06. The zero-order valence-corrected chi connectivity index (χ0v) is 17.6. The maximum Gasteiger partial charge on any atom is 0.254 e. The molecule has 2 aliphatic rings. The number of hydrogen-bond donors (Lipinski definition) is 1. The van der Waals surface area contributed by atoms with Crippen molar-refractivity contribution < 1.29 is 28.5 Å². The summed E-state index contributed by atoms with van der Waals surface area (Å²) >= 11 is 0. The van der Waals surface area contributed by atoms with E-state index in [2.05, 4.69) is 5.32 Å². The molecule has 2 unspecified atom stereocenters. The average Bonchev–Trinajstić information content (AvgIpc) is 3.45. The van der Waals surface area contributed by atoms with Gasteiger partial charge in [0.15, 0.2) is 11.5 Å². The summed E-state index contributed by atoms with van der Waals surface area (Å²) in [5.74, 6) is 1.16. The van der Waals surface area contributed by atoms with Gasteiger partial charge in [-0.2, -0.15) is 0 Å². The first kappa shape index (κ1) is 21.0. The van der Waals surface area contributed by atoms with E-state index < -0.39 is 0 Å². The summed E-state index contributed by atoms with van der Waals surface area (Å²) in [6, 6.07) is 12.8. The van der Waals surface area contributed by atoms with Crippen LogP contribution in [0.15, 0.2) is 42.5 Å². The molecule has 8 nitrogen and oxygen atoms in total. The number of benzene rings is 2. The van der Waals surface area contributed by atoms with E-state index in [0.717, 1.165) is 11.3 Å². The van der Waals surface area contributed by atoms with Crippen LogP contribution in [0.5, 0.6) is 17.2 Å². The fraction of sp³-hybridized carbons (Fsp3) is 0.391. The van der Waals surface area contributed by atoms with Crippen LogP contribution in [0.25, 0.3) is 0 Å². The quantitative estimate of drug-likeness (QED) is 0.682. The van der Waals surface area contributed by atoms with Crippen molar-refractivity contribution in [3.05, 3.63) is 53.6 Å². The third-order valence-corrected chi connectivity index (χ3v) is 5.69. The zero-order chi connectivity index (χ0) is 21.8. The Bertz CT molecular complexity index is 963. The minimum absolute atomic E-state index is 0.0918. The summed E-state index contributed by atoms with van der Waals surface area (Å²) in [5.41, 5.74) is 1.47. The summed E-state index contributed by atoms with van der Waals surface area (Å²) in [6.07, 6.45) is 0. The first-order chi connectivity index (χ1) is 15.1. The molecule has 0 bridgehead atoms. The smallest absolute Gasteiger partial charge is 0.254 e. The van der Waals surface area contributed by atoms with Crippen LogP contribution in [0.3, 0.4) is 0 Å². The van der Waals surface area contributed by atoms with Gasteiger partial charge in [0.25, 0.3) is 5.91 Å². The average molecular weight is 426 g/mol. The molecule has 0 aromatic heterocycles. The zero-order valence-electron chi connectivity index (χ0n) is 17.6. The number of carbonyl (C=O) groups is 2. The van der Waals surface area contributed by atoms with Gasteiger partial charge in [-0.15, -0.1) is 0 Å². The molecule has 31 heavy (non-hydrogen) atoms. The second-order valence-corrected chi connectivity index (χ2v) is 7.55.